The Morgan fingerprint density at radius 2 is 1.78 bits per heavy atom. The van der Waals surface area contributed by atoms with E-state index in [2.05, 4.69) is 45.5 Å². The molecule has 1 aromatic rings. The summed E-state index contributed by atoms with van der Waals surface area (Å²) < 4.78 is 1.20. The van der Waals surface area contributed by atoms with Gasteiger partial charge >= 0.3 is 0 Å². The average Bonchev–Trinajstić information content (AvgIpc) is 2.46. The van der Waals surface area contributed by atoms with Gasteiger partial charge in [-0.2, -0.15) is 0 Å². The number of halogens is 1. The van der Waals surface area contributed by atoms with E-state index in [1.165, 1.54) is 61.7 Å². The zero-order chi connectivity index (χ0) is 16.7. The Morgan fingerprint density at radius 1 is 1.13 bits per heavy atom. The van der Waals surface area contributed by atoms with Gasteiger partial charge in [0.25, 0.3) is 0 Å². The Morgan fingerprint density at radius 3 is 2.48 bits per heavy atom. The Kier molecular flexibility index (Phi) is 8.13. The molecule has 0 saturated carbocycles. The van der Waals surface area contributed by atoms with E-state index in [0.717, 1.165) is 24.2 Å². The molecule has 23 heavy (non-hydrogen) atoms. The zero-order valence-corrected chi connectivity index (χ0v) is 16.8. The third-order valence-corrected chi connectivity index (χ3v) is 5.37. The number of phenolic OH excluding ortho intramolecular Hbond substituents is 1. The van der Waals surface area contributed by atoms with Crippen LogP contribution < -0.4 is 0 Å². The minimum atomic E-state index is 0.459. The fourth-order valence-electron chi connectivity index (χ4n) is 3.40. The van der Waals surface area contributed by atoms with Crippen molar-refractivity contribution in [1.29, 1.82) is 0 Å². The minimum absolute atomic E-state index is 0.459. The van der Waals surface area contributed by atoms with Crippen LogP contribution in [0.25, 0.3) is 0 Å². The lowest BCUT2D eigenvalue weighted by Crippen LogP contribution is -2.30. The number of phenols is 1. The first-order chi connectivity index (χ1) is 11.1. The Balaban J connectivity index is 1.75. The number of benzene rings is 1. The molecule has 0 unspecified atom stereocenters. The number of hydrogen-bond acceptors (Lipinski definition) is 3. The van der Waals surface area contributed by atoms with Crippen LogP contribution >= 0.6 is 22.6 Å². The quantitative estimate of drug-likeness (QED) is 0.679. The highest BCUT2D eigenvalue weighted by Crippen LogP contribution is 2.25. The highest BCUT2D eigenvalue weighted by Gasteiger charge is 2.11. The second-order valence-electron chi connectivity index (χ2n) is 6.93. The smallest absolute Gasteiger partial charge is 0.123 e. The van der Waals surface area contributed by atoms with Crippen LogP contribution in [0.5, 0.6) is 5.75 Å². The van der Waals surface area contributed by atoms with Gasteiger partial charge < -0.3 is 14.9 Å². The van der Waals surface area contributed by atoms with Crippen LogP contribution in [0.3, 0.4) is 0 Å². The molecule has 1 saturated heterocycles. The van der Waals surface area contributed by atoms with Gasteiger partial charge in [0, 0.05) is 15.7 Å². The van der Waals surface area contributed by atoms with E-state index in [0.29, 0.717) is 5.75 Å². The summed E-state index contributed by atoms with van der Waals surface area (Å²) in [7, 11) is 2.15. The van der Waals surface area contributed by atoms with Crippen LogP contribution in [0, 0.1) is 10.5 Å². The molecule has 0 radical (unpaired) electrons. The van der Waals surface area contributed by atoms with Crippen molar-refractivity contribution in [3.8, 4) is 5.75 Å². The van der Waals surface area contributed by atoms with Gasteiger partial charge in [0.05, 0.1) is 0 Å². The maximum Gasteiger partial charge on any atom is 0.123 e. The lowest BCUT2D eigenvalue weighted by molar-refractivity contribution is 0.224. The van der Waals surface area contributed by atoms with Crippen molar-refractivity contribution in [3.63, 3.8) is 0 Å². The van der Waals surface area contributed by atoms with Crippen molar-refractivity contribution < 1.29 is 5.11 Å². The molecule has 0 aliphatic carbocycles. The van der Waals surface area contributed by atoms with Crippen molar-refractivity contribution in [2.45, 2.75) is 52.0 Å². The molecule has 0 amide bonds. The Bertz CT molecular complexity index is 485. The van der Waals surface area contributed by atoms with Crippen molar-refractivity contribution in [3.05, 3.63) is 26.8 Å². The van der Waals surface area contributed by atoms with Gasteiger partial charge in [-0.1, -0.05) is 19.3 Å². The maximum atomic E-state index is 10.2. The van der Waals surface area contributed by atoms with Gasteiger partial charge in [-0.25, -0.2) is 0 Å². The summed E-state index contributed by atoms with van der Waals surface area (Å²) in [5, 5.41) is 10.2. The van der Waals surface area contributed by atoms with Crippen molar-refractivity contribution >= 4 is 22.6 Å². The maximum absolute atomic E-state index is 10.2. The normalized spacial score (nSPS) is 17.2. The van der Waals surface area contributed by atoms with E-state index in [1.54, 1.807) is 0 Å². The number of aryl methyl sites for hydroxylation is 1. The predicted octanol–water partition coefficient (Wildman–Crippen LogP) is 4.39. The number of aromatic hydroxyl groups is 1. The lowest BCUT2D eigenvalue weighted by Gasteiger charge is -2.25. The summed E-state index contributed by atoms with van der Waals surface area (Å²) in [6.45, 7) is 7.65. The average molecular weight is 430 g/mol. The summed E-state index contributed by atoms with van der Waals surface area (Å²) >= 11 is 2.32. The number of nitrogens with zero attached hydrogens (tertiary/aromatic N) is 2. The van der Waals surface area contributed by atoms with E-state index in [1.807, 2.05) is 13.0 Å². The van der Waals surface area contributed by atoms with Gasteiger partial charge in [0.1, 0.15) is 5.75 Å². The first-order valence-corrected chi connectivity index (χ1v) is 10.0. The molecular formula is C19H31IN2O. The zero-order valence-electron chi connectivity index (χ0n) is 14.7. The van der Waals surface area contributed by atoms with Gasteiger partial charge in [0.15, 0.2) is 0 Å². The second kappa shape index (κ2) is 9.84. The lowest BCUT2D eigenvalue weighted by atomic mass is 10.1. The van der Waals surface area contributed by atoms with Gasteiger partial charge in [-0.3, -0.25) is 0 Å². The fraction of sp³-hybridized carbons (Fsp3) is 0.684. The molecular weight excluding hydrogens is 399 g/mol. The molecule has 4 heteroatoms. The largest absolute Gasteiger partial charge is 0.507 e. The van der Waals surface area contributed by atoms with Gasteiger partial charge in [-0.15, -0.1) is 0 Å². The summed E-state index contributed by atoms with van der Waals surface area (Å²) in [5.74, 6) is 0.459. The number of rotatable bonds is 6. The molecule has 0 aromatic heterocycles. The van der Waals surface area contributed by atoms with Crippen molar-refractivity contribution in [2.24, 2.45) is 0 Å². The predicted molar refractivity (Wildman–Crippen MR) is 106 cm³/mol. The van der Waals surface area contributed by atoms with Crippen LogP contribution in [-0.2, 0) is 6.54 Å². The SMILES string of the molecule is Cc1cc(I)cc(CN(C)CCCN2CCCCCCC2)c1O. The molecule has 0 spiro atoms. The van der Waals surface area contributed by atoms with E-state index >= 15 is 0 Å². The Hall–Kier alpha value is -0.330. The molecule has 130 valence electrons. The first-order valence-electron chi connectivity index (χ1n) is 8.95. The van der Waals surface area contributed by atoms with E-state index < -0.39 is 0 Å². The molecule has 1 fully saturated rings. The molecule has 1 heterocycles. The topological polar surface area (TPSA) is 26.7 Å². The molecule has 0 atom stereocenters. The highest BCUT2D eigenvalue weighted by molar-refractivity contribution is 14.1. The molecule has 1 aliphatic heterocycles. The standard InChI is InChI=1S/C19H31IN2O/c1-16-13-18(20)14-17(19(16)23)15-21(2)9-8-12-22-10-6-4-3-5-7-11-22/h13-14,23H,3-12,15H2,1-2H3. The molecule has 1 aliphatic rings. The summed E-state index contributed by atoms with van der Waals surface area (Å²) in [5.41, 5.74) is 2.02. The monoisotopic (exact) mass is 430 g/mol. The summed E-state index contributed by atoms with van der Waals surface area (Å²) in [6.07, 6.45) is 8.18. The molecule has 0 bridgehead atoms. The molecule has 1 aromatic carbocycles. The van der Waals surface area contributed by atoms with Crippen molar-refractivity contribution in [1.82, 2.24) is 9.80 Å². The van der Waals surface area contributed by atoms with Crippen LogP contribution in [0.1, 0.15) is 49.7 Å². The molecule has 2 rings (SSSR count). The van der Waals surface area contributed by atoms with E-state index in [-0.39, 0.29) is 0 Å². The molecule has 3 nitrogen and oxygen atoms in total. The van der Waals surface area contributed by atoms with Crippen LogP contribution in [0.2, 0.25) is 0 Å². The van der Waals surface area contributed by atoms with Crippen LogP contribution in [-0.4, -0.2) is 48.1 Å². The van der Waals surface area contributed by atoms with E-state index in [9.17, 15) is 5.11 Å². The number of likely N-dealkylation sites (tertiary alicyclic amines) is 1. The number of hydrogen-bond donors (Lipinski definition) is 1. The van der Waals surface area contributed by atoms with Gasteiger partial charge in [-0.05, 0) is 99.7 Å². The van der Waals surface area contributed by atoms with Crippen molar-refractivity contribution in [2.75, 3.05) is 33.2 Å². The van der Waals surface area contributed by atoms with E-state index in [4.69, 9.17) is 0 Å². The van der Waals surface area contributed by atoms with Crippen LogP contribution in [0.15, 0.2) is 12.1 Å². The summed E-state index contributed by atoms with van der Waals surface area (Å²) in [6, 6.07) is 4.12. The van der Waals surface area contributed by atoms with Crippen LogP contribution in [0.4, 0.5) is 0 Å². The third-order valence-electron chi connectivity index (χ3n) is 4.75. The third kappa shape index (κ3) is 6.59. The molecule has 1 N–H and O–H groups in total. The second-order valence-corrected chi connectivity index (χ2v) is 8.18. The highest BCUT2D eigenvalue weighted by atomic mass is 127. The Labute approximate surface area is 155 Å². The summed E-state index contributed by atoms with van der Waals surface area (Å²) in [4.78, 5) is 4.97. The fourth-order valence-corrected chi connectivity index (χ4v) is 4.24. The van der Waals surface area contributed by atoms with Gasteiger partial charge in [0.2, 0.25) is 0 Å². The minimum Gasteiger partial charge on any atom is -0.507 e. The first kappa shape index (κ1) is 19.0.